The van der Waals surface area contributed by atoms with Crippen LogP contribution in [0.3, 0.4) is 0 Å². The summed E-state index contributed by atoms with van der Waals surface area (Å²) in [5.41, 5.74) is 2.53. The Labute approximate surface area is 128 Å². The number of rotatable bonds is 5. The molecule has 1 fully saturated rings. The van der Waals surface area contributed by atoms with Crippen molar-refractivity contribution in [2.45, 2.75) is 71.9 Å². The molecular formula is C16H28ClN3. The van der Waals surface area contributed by atoms with Crippen molar-refractivity contribution in [2.24, 2.45) is 5.41 Å². The highest BCUT2D eigenvalue weighted by molar-refractivity contribution is 6.31. The van der Waals surface area contributed by atoms with Crippen molar-refractivity contribution in [1.82, 2.24) is 15.1 Å². The van der Waals surface area contributed by atoms with Crippen LogP contribution >= 0.6 is 11.6 Å². The van der Waals surface area contributed by atoms with Crippen LogP contribution in [0.5, 0.6) is 0 Å². The van der Waals surface area contributed by atoms with E-state index >= 15 is 0 Å². The van der Waals surface area contributed by atoms with E-state index in [0.29, 0.717) is 11.5 Å². The van der Waals surface area contributed by atoms with Crippen molar-refractivity contribution in [2.75, 3.05) is 7.05 Å². The Hall–Kier alpha value is -0.540. The van der Waals surface area contributed by atoms with Gasteiger partial charge in [0.05, 0.1) is 16.4 Å². The van der Waals surface area contributed by atoms with Gasteiger partial charge in [-0.05, 0) is 39.2 Å². The molecule has 0 amide bonds. The minimum atomic E-state index is 0.382. The van der Waals surface area contributed by atoms with Crippen LogP contribution in [0.4, 0.5) is 0 Å². The molecule has 1 aliphatic rings. The molecule has 0 bridgehead atoms. The zero-order chi connectivity index (χ0) is 14.8. The second-order valence-corrected chi connectivity index (χ2v) is 6.80. The van der Waals surface area contributed by atoms with E-state index < -0.39 is 0 Å². The second kappa shape index (κ2) is 6.48. The third-order valence-electron chi connectivity index (χ3n) is 5.04. The number of nitrogens with zero attached hydrogens (tertiary/aromatic N) is 2. The molecule has 114 valence electrons. The van der Waals surface area contributed by atoms with E-state index in [4.69, 9.17) is 11.6 Å². The molecular weight excluding hydrogens is 270 g/mol. The standard InChI is InChI=1S/C16H28ClN3/c1-5-20-13(15(17)12(2)19-20)11-14(18-4)16(3)9-7-6-8-10-16/h14,18H,5-11H2,1-4H3. The molecule has 0 spiro atoms. The van der Waals surface area contributed by atoms with E-state index in [1.807, 2.05) is 6.92 Å². The van der Waals surface area contributed by atoms with Gasteiger partial charge in [-0.15, -0.1) is 0 Å². The smallest absolute Gasteiger partial charge is 0.0847 e. The fourth-order valence-electron chi connectivity index (χ4n) is 3.66. The summed E-state index contributed by atoms with van der Waals surface area (Å²) in [4.78, 5) is 0. The zero-order valence-electron chi connectivity index (χ0n) is 13.3. The summed E-state index contributed by atoms with van der Waals surface area (Å²) in [6, 6.07) is 0.474. The van der Waals surface area contributed by atoms with Crippen LogP contribution in [0.15, 0.2) is 0 Å². The average molecular weight is 298 g/mol. The number of hydrogen-bond acceptors (Lipinski definition) is 2. The predicted molar refractivity (Wildman–Crippen MR) is 85.4 cm³/mol. The Kier molecular flexibility index (Phi) is 5.14. The minimum Gasteiger partial charge on any atom is -0.316 e. The molecule has 1 heterocycles. The van der Waals surface area contributed by atoms with Crippen LogP contribution in [0.1, 0.15) is 57.3 Å². The third kappa shape index (κ3) is 3.04. The maximum Gasteiger partial charge on any atom is 0.0847 e. The molecule has 1 aliphatic carbocycles. The molecule has 0 radical (unpaired) electrons. The molecule has 1 atom stereocenters. The molecule has 20 heavy (non-hydrogen) atoms. The van der Waals surface area contributed by atoms with Crippen LogP contribution in [-0.2, 0) is 13.0 Å². The predicted octanol–water partition coefficient (Wildman–Crippen LogP) is 3.97. The molecule has 0 saturated heterocycles. The van der Waals surface area contributed by atoms with Gasteiger partial charge in [0.1, 0.15) is 0 Å². The largest absolute Gasteiger partial charge is 0.316 e. The van der Waals surface area contributed by atoms with E-state index in [9.17, 15) is 0 Å². The van der Waals surface area contributed by atoms with E-state index in [1.165, 1.54) is 37.8 Å². The van der Waals surface area contributed by atoms with Gasteiger partial charge in [0.2, 0.25) is 0 Å². The van der Waals surface area contributed by atoms with Crippen molar-refractivity contribution in [3.63, 3.8) is 0 Å². The lowest BCUT2D eigenvalue weighted by molar-refractivity contribution is 0.147. The number of nitrogens with one attached hydrogen (secondary N) is 1. The van der Waals surface area contributed by atoms with Gasteiger partial charge in [0.15, 0.2) is 0 Å². The average Bonchev–Trinajstić information content (AvgIpc) is 2.72. The highest BCUT2D eigenvalue weighted by Gasteiger charge is 2.35. The van der Waals surface area contributed by atoms with Crippen molar-refractivity contribution >= 4 is 11.6 Å². The van der Waals surface area contributed by atoms with Crippen LogP contribution in [-0.4, -0.2) is 22.9 Å². The Morgan fingerprint density at radius 1 is 1.35 bits per heavy atom. The molecule has 3 nitrogen and oxygen atoms in total. The SMILES string of the molecule is CCn1nc(C)c(Cl)c1CC(NC)C1(C)CCCCC1. The summed E-state index contributed by atoms with van der Waals surface area (Å²) < 4.78 is 2.06. The normalized spacial score (nSPS) is 20.1. The lowest BCUT2D eigenvalue weighted by Crippen LogP contribution is -2.45. The Morgan fingerprint density at radius 2 is 2.00 bits per heavy atom. The second-order valence-electron chi connectivity index (χ2n) is 6.42. The lowest BCUT2D eigenvalue weighted by Gasteiger charge is -2.41. The van der Waals surface area contributed by atoms with E-state index in [1.54, 1.807) is 0 Å². The van der Waals surface area contributed by atoms with Crippen LogP contribution in [0.25, 0.3) is 0 Å². The molecule has 1 aromatic heterocycles. The van der Waals surface area contributed by atoms with Crippen molar-refractivity contribution < 1.29 is 0 Å². The fourth-order valence-corrected chi connectivity index (χ4v) is 3.87. The van der Waals surface area contributed by atoms with Gasteiger partial charge in [0, 0.05) is 19.0 Å². The molecule has 1 unspecified atom stereocenters. The first-order valence-electron chi connectivity index (χ1n) is 7.91. The summed E-state index contributed by atoms with van der Waals surface area (Å²) in [7, 11) is 2.08. The van der Waals surface area contributed by atoms with Gasteiger partial charge < -0.3 is 5.32 Å². The van der Waals surface area contributed by atoms with Gasteiger partial charge in [-0.3, -0.25) is 4.68 Å². The van der Waals surface area contributed by atoms with Crippen molar-refractivity contribution in [3.8, 4) is 0 Å². The number of halogens is 1. The molecule has 1 aromatic rings. The van der Waals surface area contributed by atoms with Gasteiger partial charge in [0.25, 0.3) is 0 Å². The highest BCUT2D eigenvalue weighted by atomic mass is 35.5. The van der Waals surface area contributed by atoms with Gasteiger partial charge in [-0.1, -0.05) is 37.8 Å². The Bertz CT molecular complexity index is 447. The zero-order valence-corrected chi connectivity index (χ0v) is 14.1. The Balaban J connectivity index is 2.22. The van der Waals surface area contributed by atoms with Gasteiger partial charge in [-0.25, -0.2) is 0 Å². The monoisotopic (exact) mass is 297 g/mol. The summed E-state index contributed by atoms with van der Waals surface area (Å²) in [6.07, 6.45) is 7.70. The molecule has 2 rings (SSSR count). The summed E-state index contributed by atoms with van der Waals surface area (Å²) in [5.74, 6) is 0. The van der Waals surface area contributed by atoms with Gasteiger partial charge >= 0.3 is 0 Å². The maximum atomic E-state index is 6.47. The molecule has 4 heteroatoms. The van der Waals surface area contributed by atoms with Crippen molar-refractivity contribution in [3.05, 3.63) is 16.4 Å². The van der Waals surface area contributed by atoms with Crippen LogP contribution in [0, 0.1) is 12.3 Å². The number of aromatic nitrogens is 2. The molecule has 0 aromatic carbocycles. The van der Waals surface area contributed by atoms with E-state index in [0.717, 1.165) is 23.7 Å². The molecule has 1 saturated carbocycles. The van der Waals surface area contributed by atoms with Crippen LogP contribution in [0.2, 0.25) is 5.02 Å². The topological polar surface area (TPSA) is 29.9 Å². The maximum absolute atomic E-state index is 6.47. The summed E-state index contributed by atoms with van der Waals surface area (Å²) in [6.45, 7) is 7.44. The quantitative estimate of drug-likeness (QED) is 0.891. The number of likely N-dealkylation sites (N-methyl/N-ethyl adjacent to an activating group) is 1. The lowest BCUT2D eigenvalue weighted by atomic mass is 9.69. The fraction of sp³-hybridized carbons (Fsp3) is 0.812. The van der Waals surface area contributed by atoms with E-state index in [-0.39, 0.29) is 0 Å². The molecule has 0 aliphatic heterocycles. The number of aryl methyl sites for hydroxylation is 2. The highest BCUT2D eigenvalue weighted by Crippen LogP contribution is 2.40. The first kappa shape index (κ1) is 15.8. The van der Waals surface area contributed by atoms with E-state index in [2.05, 4.69) is 36.0 Å². The first-order valence-corrected chi connectivity index (χ1v) is 8.28. The third-order valence-corrected chi connectivity index (χ3v) is 5.53. The van der Waals surface area contributed by atoms with Crippen molar-refractivity contribution in [1.29, 1.82) is 0 Å². The minimum absolute atomic E-state index is 0.382. The van der Waals surface area contributed by atoms with Crippen LogP contribution < -0.4 is 5.32 Å². The first-order chi connectivity index (χ1) is 9.51. The summed E-state index contributed by atoms with van der Waals surface area (Å²) >= 11 is 6.47. The summed E-state index contributed by atoms with van der Waals surface area (Å²) in [5, 5.41) is 8.94. The Morgan fingerprint density at radius 3 is 2.55 bits per heavy atom. The molecule has 1 N–H and O–H groups in total. The van der Waals surface area contributed by atoms with Gasteiger partial charge in [-0.2, -0.15) is 5.10 Å². The number of hydrogen-bond donors (Lipinski definition) is 1.